The summed E-state index contributed by atoms with van der Waals surface area (Å²) in [4.78, 5) is 21.3. The monoisotopic (exact) mass is 217 g/mol. The maximum Gasteiger partial charge on any atom is 0.329 e. The first-order valence-corrected chi connectivity index (χ1v) is 4.30. The van der Waals surface area contributed by atoms with Crippen molar-refractivity contribution in [2.75, 3.05) is 6.61 Å². The lowest BCUT2D eigenvalue weighted by molar-refractivity contribution is -0.136. The van der Waals surface area contributed by atoms with Crippen LogP contribution >= 0.6 is 0 Å². The lowest BCUT2D eigenvalue weighted by Gasteiger charge is -2.26. The van der Waals surface area contributed by atoms with Crippen LogP contribution in [0.1, 0.15) is 13.8 Å². The molecule has 0 aromatic carbocycles. The lowest BCUT2D eigenvalue weighted by Crippen LogP contribution is -2.44. The van der Waals surface area contributed by atoms with Gasteiger partial charge in [0.1, 0.15) is 6.10 Å². The van der Waals surface area contributed by atoms with Gasteiger partial charge in [-0.05, 0) is 0 Å². The average molecular weight is 217 g/mol. The molecule has 0 saturated heterocycles. The van der Waals surface area contributed by atoms with Crippen molar-refractivity contribution < 1.29 is 24.9 Å². The summed E-state index contributed by atoms with van der Waals surface area (Å²) >= 11 is 0. The molecule has 4 N–H and O–H groups in total. The summed E-state index contributed by atoms with van der Waals surface area (Å²) in [5.41, 5.74) is -0.971. The molecule has 0 aliphatic rings. The van der Waals surface area contributed by atoms with Crippen molar-refractivity contribution in [3.8, 4) is 0 Å². The Hall–Kier alpha value is -1.40. The number of aliphatic hydroxyl groups is 2. The molecule has 0 saturated carbocycles. The number of carboxylic acid groups (broad SMARTS) is 1. The molecule has 0 aliphatic heterocycles. The Morgan fingerprint density at radius 1 is 1.47 bits per heavy atom. The maximum absolute atomic E-state index is 11.2. The molecule has 0 rings (SSSR count). The third kappa shape index (κ3) is 4.57. The number of amides is 1. The summed E-state index contributed by atoms with van der Waals surface area (Å²) in [6.07, 6.45) is 0.249. The Balaban J connectivity index is 4.28. The van der Waals surface area contributed by atoms with Crippen molar-refractivity contribution in [3.63, 3.8) is 0 Å². The molecule has 1 amide bonds. The first kappa shape index (κ1) is 13.6. The minimum Gasteiger partial charge on any atom is -0.478 e. The number of aliphatic carboxylic acids is 1. The van der Waals surface area contributed by atoms with E-state index in [0.29, 0.717) is 0 Å². The second-order valence-corrected chi connectivity index (χ2v) is 3.73. The normalized spacial score (nSPS) is 13.9. The van der Waals surface area contributed by atoms with E-state index in [1.165, 1.54) is 13.8 Å². The number of carbonyl (C=O) groups is 2. The number of carbonyl (C=O) groups excluding carboxylic acids is 1. The molecule has 0 fully saturated rings. The van der Waals surface area contributed by atoms with E-state index in [4.69, 9.17) is 10.2 Å². The van der Waals surface area contributed by atoms with Crippen LogP contribution in [0.4, 0.5) is 0 Å². The molecule has 0 heterocycles. The van der Waals surface area contributed by atoms with Gasteiger partial charge in [-0.15, -0.1) is 0 Å². The maximum atomic E-state index is 11.2. The van der Waals surface area contributed by atoms with Crippen LogP contribution in [-0.4, -0.2) is 39.9 Å². The second-order valence-electron chi connectivity index (χ2n) is 3.73. The Bertz CT molecular complexity index is 272. The highest BCUT2D eigenvalue weighted by Crippen LogP contribution is 2.19. The second kappa shape index (κ2) is 5.47. The fourth-order valence-electron chi connectivity index (χ4n) is 0.715. The van der Waals surface area contributed by atoms with E-state index in [1.807, 2.05) is 0 Å². The molecule has 0 bridgehead atoms. The first-order chi connectivity index (χ1) is 6.81. The van der Waals surface area contributed by atoms with Crippen molar-refractivity contribution >= 4 is 11.9 Å². The highest BCUT2D eigenvalue weighted by atomic mass is 16.4. The first-order valence-electron chi connectivity index (χ1n) is 4.30. The van der Waals surface area contributed by atoms with E-state index in [9.17, 15) is 14.7 Å². The molecule has 15 heavy (non-hydrogen) atoms. The van der Waals surface area contributed by atoms with Crippen molar-refractivity contribution in [2.24, 2.45) is 5.41 Å². The smallest absolute Gasteiger partial charge is 0.329 e. The fraction of sp³-hybridized carbons (Fsp3) is 0.556. The number of hydrogen-bond donors (Lipinski definition) is 4. The van der Waals surface area contributed by atoms with Gasteiger partial charge in [0, 0.05) is 17.7 Å². The van der Waals surface area contributed by atoms with Gasteiger partial charge in [0.15, 0.2) is 0 Å². The zero-order valence-corrected chi connectivity index (χ0v) is 8.60. The summed E-state index contributed by atoms with van der Waals surface area (Å²) < 4.78 is 0. The molecule has 86 valence electrons. The van der Waals surface area contributed by atoms with Crippen molar-refractivity contribution in [1.29, 1.82) is 0 Å². The minimum absolute atomic E-state index is 0.357. The van der Waals surface area contributed by atoms with Crippen LogP contribution in [0, 0.1) is 5.41 Å². The highest BCUT2D eigenvalue weighted by Gasteiger charge is 2.32. The summed E-state index contributed by atoms with van der Waals surface area (Å²) in [5, 5.41) is 28.7. The molecule has 0 spiro atoms. The molecule has 6 heteroatoms. The highest BCUT2D eigenvalue weighted by molar-refractivity contribution is 5.84. The summed E-state index contributed by atoms with van der Waals surface area (Å²) in [7, 11) is 0. The molecule has 0 radical (unpaired) electrons. The molecule has 1 atom stereocenters. The largest absolute Gasteiger partial charge is 0.478 e. The van der Waals surface area contributed by atoms with Gasteiger partial charge in [-0.25, -0.2) is 4.79 Å². The van der Waals surface area contributed by atoms with E-state index in [0.717, 1.165) is 12.3 Å². The van der Waals surface area contributed by atoms with Gasteiger partial charge < -0.3 is 20.6 Å². The zero-order valence-electron chi connectivity index (χ0n) is 8.60. The average Bonchev–Trinajstić information content (AvgIpc) is 2.15. The van der Waals surface area contributed by atoms with Crippen LogP contribution in [-0.2, 0) is 9.59 Å². The predicted molar refractivity (Wildman–Crippen MR) is 51.8 cm³/mol. The van der Waals surface area contributed by atoms with Crippen molar-refractivity contribution in [2.45, 2.75) is 20.0 Å². The topological polar surface area (TPSA) is 107 Å². The van der Waals surface area contributed by atoms with Crippen LogP contribution in [0.3, 0.4) is 0 Å². The molecule has 0 aromatic rings. The summed E-state index contributed by atoms with van der Waals surface area (Å²) in [6, 6.07) is 0. The zero-order chi connectivity index (χ0) is 12.1. The summed E-state index contributed by atoms with van der Waals surface area (Å²) in [6.45, 7) is 2.67. The fourth-order valence-corrected chi connectivity index (χ4v) is 0.715. The van der Waals surface area contributed by atoms with E-state index < -0.39 is 23.4 Å². The Labute approximate surface area is 87.2 Å². The molecule has 0 aliphatic carbocycles. The number of carboxylic acids is 1. The number of aliphatic hydroxyl groups excluding tert-OH is 2. The van der Waals surface area contributed by atoms with Crippen LogP contribution in [0.25, 0.3) is 0 Å². The third-order valence-electron chi connectivity index (χ3n) is 1.85. The standard InChI is InChI=1S/C9H15NO5/c1-9(2,5-11)7(14)8(15)10-4-3-6(12)13/h3-4,7,11,14H,5H2,1-2H3,(H,10,15)(H,12,13)/b4-3-. The number of hydrogen-bond acceptors (Lipinski definition) is 4. The van der Waals surface area contributed by atoms with Crippen molar-refractivity contribution in [3.05, 3.63) is 12.3 Å². The van der Waals surface area contributed by atoms with Gasteiger partial charge in [0.25, 0.3) is 5.91 Å². The number of nitrogens with one attached hydrogen (secondary N) is 1. The van der Waals surface area contributed by atoms with Crippen LogP contribution in [0.2, 0.25) is 0 Å². The SMILES string of the molecule is CC(C)(CO)C(O)C(=O)N/C=C\C(=O)O. The predicted octanol–water partition coefficient (Wildman–Crippen LogP) is -0.920. The van der Waals surface area contributed by atoms with E-state index in [-0.39, 0.29) is 6.61 Å². The van der Waals surface area contributed by atoms with Gasteiger partial charge in [-0.2, -0.15) is 0 Å². The van der Waals surface area contributed by atoms with Crippen LogP contribution < -0.4 is 5.32 Å². The van der Waals surface area contributed by atoms with Gasteiger partial charge >= 0.3 is 5.97 Å². The van der Waals surface area contributed by atoms with Crippen molar-refractivity contribution in [1.82, 2.24) is 5.32 Å². The van der Waals surface area contributed by atoms with Gasteiger partial charge in [-0.1, -0.05) is 13.8 Å². The minimum atomic E-state index is -1.40. The quantitative estimate of drug-likeness (QED) is 0.445. The Morgan fingerprint density at radius 3 is 2.40 bits per heavy atom. The van der Waals surface area contributed by atoms with E-state index >= 15 is 0 Å². The summed E-state index contributed by atoms with van der Waals surface area (Å²) in [5.74, 6) is -1.96. The Morgan fingerprint density at radius 2 is 2.00 bits per heavy atom. The van der Waals surface area contributed by atoms with Gasteiger partial charge in [0.2, 0.25) is 0 Å². The molecular formula is C9H15NO5. The molecular weight excluding hydrogens is 202 g/mol. The van der Waals surface area contributed by atoms with E-state index in [2.05, 4.69) is 5.32 Å². The van der Waals surface area contributed by atoms with Crippen LogP contribution in [0.15, 0.2) is 12.3 Å². The molecule has 0 aromatic heterocycles. The Kier molecular flexibility index (Phi) is 4.96. The lowest BCUT2D eigenvalue weighted by atomic mass is 9.87. The van der Waals surface area contributed by atoms with Gasteiger partial charge in [-0.3, -0.25) is 4.79 Å². The van der Waals surface area contributed by atoms with Crippen LogP contribution in [0.5, 0.6) is 0 Å². The van der Waals surface area contributed by atoms with Gasteiger partial charge in [0.05, 0.1) is 6.61 Å². The van der Waals surface area contributed by atoms with E-state index in [1.54, 1.807) is 0 Å². The third-order valence-corrected chi connectivity index (χ3v) is 1.85. The molecule has 1 unspecified atom stereocenters. The number of rotatable bonds is 5. The molecule has 6 nitrogen and oxygen atoms in total.